The summed E-state index contributed by atoms with van der Waals surface area (Å²) in [5, 5.41) is 3.83. The topological polar surface area (TPSA) is 38.9 Å². The smallest absolute Gasteiger partial charge is 0.120 e. The van der Waals surface area contributed by atoms with Gasteiger partial charge in [0.25, 0.3) is 0 Å². The third kappa shape index (κ3) is 6.91. The molecule has 6 aromatic rings. The summed E-state index contributed by atoms with van der Waals surface area (Å²) in [6, 6.07) is 31.4. The van der Waals surface area contributed by atoms with Crippen molar-refractivity contribution in [3.8, 4) is 22.5 Å². The fourth-order valence-corrected chi connectivity index (χ4v) is 6.87. The summed E-state index contributed by atoms with van der Waals surface area (Å²) < 4.78 is 6.41. The number of pyridine rings is 2. The van der Waals surface area contributed by atoms with Crippen LogP contribution in [0.1, 0.15) is 43.9 Å². The summed E-state index contributed by atoms with van der Waals surface area (Å²) in [6.45, 7) is 18.2. The molecule has 5 heteroatoms. The minimum Gasteiger partial charge on any atom is -0.501 e. The van der Waals surface area contributed by atoms with E-state index in [2.05, 4.69) is 108 Å². The molecule has 0 aliphatic rings. The van der Waals surface area contributed by atoms with Crippen molar-refractivity contribution in [2.24, 2.45) is 0 Å². The molecule has 0 atom stereocenters. The van der Waals surface area contributed by atoms with Gasteiger partial charge in [-0.1, -0.05) is 87.3 Å². The maximum atomic E-state index is 6.41. The van der Waals surface area contributed by atoms with E-state index in [1.165, 1.54) is 32.6 Å². The van der Waals surface area contributed by atoms with Crippen molar-refractivity contribution in [1.82, 2.24) is 9.97 Å². The van der Waals surface area contributed by atoms with E-state index in [1.54, 1.807) is 0 Å². The van der Waals surface area contributed by atoms with Crippen molar-refractivity contribution in [2.75, 3.05) is 0 Å². The van der Waals surface area contributed by atoms with E-state index in [0.717, 1.165) is 40.1 Å². The van der Waals surface area contributed by atoms with Crippen LogP contribution in [0.5, 0.6) is 0 Å². The molecule has 0 aliphatic carbocycles. The van der Waals surface area contributed by atoms with Gasteiger partial charge in [0, 0.05) is 46.0 Å². The first-order chi connectivity index (χ1) is 20.0. The summed E-state index contributed by atoms with van der Waals surface area (Å²) in [7, 11) is -1.57. The van der Waals surface area contributed by atoms with Crippen molar-refractivity contribution in [2.45, 2.75) is 66.1 Å². The Bertz CT molecular complexity index is 1850. The number of aromatic nitrogens is 2. The van der Waals surface area contributed by atoms with Crippen LogP contribution in [0.4, 0.5) is 0 Å². The molecule has 0 unspecified atom stereocenters. The van der Waals surface area contributed by atoms with Gasteiger partial charge >= 0.3 is 0 Å². The van der Waals surface area contributed by atoms with Crippen LogP contribution >= 0.6 is 0 Å². The van der Waals surface area contributed by atoms with Crippen LogP contribution in [0.15, 0.2) is 89.6 Å². The fraction of sp³-hybridized carbons (Fsp3) is 0.263. The Kier molecular flexibility index (Phi) is 9.91. The zero-order chi connectivity index (χ0) is 30.1. The number of fused-ring (bicyclic) bond motifs is 3. The molecule has 3 heterocycles. The summed E-state index contributed by atoms with van der Waals surface area (Å²) in [6.07, 6.45) is 4.90. The van der Waals surface area contributed by atoms with E-state index >= 15 is 0 Å². The van der Waals surface area contributed by atoms with E-state index in [4.69, 9.17) is 9.40 Å². The molecule has 1 radical (unpaired) electrons. The normalized spacial score (nSPS) is 11.6. The Morgan fingerprint density at radius 2 is 1.63 bits per heavy atom. The molecule has 0 N–H and O–H groups in total. The van der Waals surface area contributed by atoms with E-state index < -0.39 is 8.07 Å². The molecular weight excluding hydrogens is 721 g/mol. The zero-order valence-electron chi connectivity index (χ0n) is 26.4. The monoisotopic (exact) mass is 761 g/mol. The molecule has 0 bridgehead atoms. The third-order valence-electron chi connectivity index (χ3n) is 8.13. The number of hydrogen-bond donors (Lipinski definition) is 0. The van der Waals surface area contributed by atoms with Crippen molar-refractivity contribution in [3.05, 3.63) is 114 Å². The van der Waals surface area contributed by atoms with E-state index in [9.17, 15) is 0 Å². The Hall–Kier alpha value is -3.37. The van der Waals surface area contributed by atoms with Crippen molar-refractivity contribution < 1.29 is 24.5 Å². The SMILES string of the molecule is CCC(C)(C)c1cc(-c2[c-]cc([Si](C)(C)C)c3c2oc2ccccc23)ncc1C.Cc1ccnc(-c2[c-]cccc2)c1.[Ir]. The molecule has 3 aromatic heterocycles. The van der Waals surface area contributed by atoms with Gasteiger partial charge in [-0.3, -0.25) is 0 Å². The predicted octanol–water partition coefficient (Wildman–Crippen LogP) is 9.84. The summed E-state index contributed by atoms with van der Waals surface area (Å²) in [5.41, 5.74) is 9.70. The fourth-order valence-electron chi connectivity index (χ4n) is 5.37. The number of benzene rings is 3. The second kappa shape index (κ2) is 13.1. The van der Waals surface area contributed by atoms with Gasteiger partial charge in [-0.05, 0) is 60.3 Å². The predicted molar refractivity (Wildman–Crippen MR) is 180 cm³/mol. The van der Waals surface area contributed by atoms with E-state index in [0.29, 0.717) is 0 Å². The maximum absolute atomic E-state index is 6.41. The number of hydrogen-bond acceptors (Lipinski definition) is 3. The first kappa shape index (κ1) is 32.5. The van der Waals surface area contributed by atoms with E-state index in [1.807, 2.05) is 48.8 Å². The van der Waals surface area contributed by atoms with Crippen LogP contribution < -0.4 is 5.19 Å². The number of furan rings is 1. The molecule has 6 rings (SSSR count). The molecule has 223 valence electrons. The summed E-state index contributed by atoms with van der Waals surface area (Å²) in [5.74, 6) is 0. The molecule has 0 aliphatic heterocycles. The van der Waals surface area contributed by atoms with Crippen molar-refractivity contribution in [3.63, 3.8) is 0 Å². The Balaban J connectivity index is 0.000000253. The van der Waals surface area contributed by atoms with Gasteiger partial charge in [0.05, 0.1) is 5.58 Å². The second-order valence-corrected chi connectivity index (χ2v) is 17.8. The van der Waals surface area contributed by atoms with Crippen LogP contribution in [0.25, 0.3) is 44.5 Å². The van der Waals surface area contributed by atoms with Gasteiger partial charge in [-0.2, -0.15) is 0 Å². The van der Waals surface area contributed by atoms with Crippen molar-refractivity contribution in [1.29, 1.82) is 0 Å². The number of rotatable bonds is 5. The van der Waals surface area contributed by atoms with Gasteiger partial charge in [0.15, 0.2) is 0 Å². The van der Waals surface area contributed by atoms with Gasteiger partial charge in [-0.15, -0.1) is 53.2 Å². The molecule has 0 spiro atoms. The summed E-state index contributed by atoms with van der Waals surface area (Å²) >= 11 is 0. The van der Waals surface area contributed by atoms with Crippen LogP contribution in [0.2, 0.25) is 19.6 Å². The largest absolute Gasteiger partial charge is 0.501 e. The average Bonchev–Trinajstić information content (AvgIpc) is 3.37. The third-order valence-corrected chi connectivity index (χ3v) is 10.1. The van der Waals surface area contributed by atoms with Gasteiger partial charge < -0.3 is 14.4 Å². The zero-order valence-corrected chi connectivity index (χ0v) is 29.8. The quantitative estimate of drug-likeness (QED) is 0.130. The number of aryl methyl sites for hydroxylation is 2. The first-order valence-corrected chi connectivity index (χ1v) is 18.2. The minimum absolute atomic E-state index is 0. The molecule has 0 saturated carbocycles. The van der Waals surface area contributed by atoms with Gasteiger partial charge in [-0.25, -0.2) is 0 Å². The molecule has 0 fully saturated rings. The minimum atomic E-state index is -1.57. The van der Waals surface area contributed by atoms with Crippen LogP contribution in [-0.4, -0.2) is 18.0 Å². The van der Waals surface area contributed by atoms with Crippen LogP contribution in [-0.2, 0) is 25.5 Å². The number of para-hydroxylation sites is 1. The summed E-state index contributed by atoms with van der Waals surface area (Å²) in [4.78, 5) is 9.07. The van der Waals surface area contributed by atoms with Crippen LogP contribution in [0.3, 0.4) is 0 Å². The number of nitrogens with zero attached hydrogens (tertiary/aromatic N) is 2. The molecule has 3 aromatic carbocycles. The maximum Gasteiger partial charge on any atom is 0.120 e. The molecular formula is C38H40IrN2OSi-2. The first-order valence-electron chi connectivity index (χ1n) is 14.7. The standard InChI is InChI=1S/C26H30NOSi.C12H10N.Ir/c1-8-26(3,4)20-15-21(27-16-17(20)2)18-13-14-23(29(5,6)7)24-19-11-9-10-12-22(19)28-25(18)24;1-10-7-8-13-12(9-10)11-5-3-2-4-6-11;/h9-12,14-16H,8H2,1-7H3;2-5,7-9H,1H3;/q2*-1;. The molecule has 0 amide bonds. The van der Waals surface area contributed by atoms with Gasteiger partial charge in [0.1, 0.15) is 5.58 Å². The Morgan fingerprint density at radius 1 is 0.884 bits per heavy atom. The van der Waals surface area contributed by atoms with E-state index in [-0.39, 0.29) is 25.5 Å². The molecule has 43 heavy (non-hydrogen) atoms. The second-order valence-electron chi connectivity index (χ2n) is 12.7. The average molecular weight is 761 g/mol. The molecule has 0 saturated heterocycles. The molecule has 3 nitrogen and oxygen atoms in total. The Labute approximate surface area is 271 Å². The Morgan fingerprint density at radius 3 is 2.30 bits per heavy atom. The van der Waals surface area contributed by atoms with Gasteiger partial charge in [0.2, 0.25) is 0 Å². The van der Waals surface area contributed by atoms with Crippen LogP contribution in [0, 0.1) is 26.0 Å². The van der Waals surface area contributed by atoms with Crippen molar-refractivity contribution >= 4 is 35.2 Å².